The van der Waals surface area contributed by atoms with Crippen molar-refractivity contribution >= 4 is 50.4 Å². The molecule has 0 bridgehead atoms. The molecule has 0 saturated heterocycles. The van der Waals surface area contributed by atoms with Gasteiger partial charge in [0.2, 0.25) is 0 Å². The number of benzene rings is 3. The highest BCUT2D eigenvalue weighted by atomic mass is 35.5. The predicted octanol–water partition coefficient (Wildman–Crippen LogP) is 5.21. The van der Waals surface area contributed by atoms with Crippen LogP contribution in [0.1, 0.15) is 0 Å². The minimum atomic E-state index is -0.392. The molecule has 3 aromatic carbocycles. The van der Waals surface area contributed by atoms with Crippen molar-refractivity contribution in [2.24, 2.45) is 0 Å². The fourth-order valence-electron chi connectivity index (χ4n) is 2.27. The van der Waals surface area contributed by atoms with E-state index < -0.39 is 4.92 Å². The number of rotatable bonds is 1. The second kappa shape index (κ2) is 4.37. The minimum Gasteiger partial charge on any atom is -0.258 e. The molecule has 0 radical (unpaired) electrons. The Labute approximate surface area is 118 Å². The summed E-state index contributed by atoms with van der Waals surface area (Å²) in [4.78, 5) is 11.0. The second-order valence-electron chi connectivity index (χ2n) is 4.15. The van der Waals surface area contributed by atoms with Gasteiger partial charge in [0.1, 0.15) is 0 Å². The Morgan fingerprint density at radius 2 is 1.32 bits per heavy atom. The Balaban J connectivity index is 2.66. The van der Waals surface area contributed by atoms with Crippen LogP contribution in [0.3, 0.4) is 0 Å². The minimum absolute atomic E-state index is 0.0394. The van der Waals surface area contributed by atoms with Crippen LogP contribution >= 0.6 is 23.2 Å². The lowest BCUT2D eigenvalue weighted by Gasteiger charge is -2.07. The van der Waals surface area contributed by atoms with Crippen LogP contribution in [-0.2, 0) is 0 Å². The molecule has 0 N–H and O–H groups in total. The first kappa shape index (κ1) is 12.2. The zero-order chi connectivity index (χ0) is 13.6. The molecular weight excluding hydrogens is 285 g/mol. The first-order chi connectivity index (χ1) is 9.09. The average molecular weight is 292 g/mol. The van der Waals surface area contributed by atoms with Gasteiger partial charge in [0.15, 0.2) is 0 Å². The van der Waals surface area contributed by atoms with Crippen molar-refractivity contribution in [3.8, 4) is 0 Å². The first-order valence-electron chi connectivity index (χ1n) is 5.53. The van der Waals surface area contributed by atoms with Gasteiger partial charge < -0.3 is 0 Å². The summed E-state index contributed by atoms with van der Waals surface area (Å²) in [6.07, 6.45) is 0. The molecule has 0 heterocycles. The third kappa shape index (κ3) is 1.82. The van der Waals surface area contributed by atoms with E-state index in [-0.39, 0.29) is 5.69 Å². The monoisotopic (exact) mass is 291 g/mol. The highest BCUT2D eigenvalue weighted by Crippen LogP contribution is 2.39. The van der Waals surface area contributed by atoms with Gasteiger partial charge in [-0.15, -0.1) is 0 Å². The molecule has 5 heteroatoms. The number of nitro benzene ring substituents is 1. The molecule has 0 saturated carbocycles. The van der Waals surface area contributed by atoms with Crippen LogP contribution in [0.15, 0.2) is 42.5 Å². The smallest absolute Gasteiger partial charge is 0.258 e. The molecule has 3 nitrogen and oxygen atoms in total. The lowest BCUT2D eigenvalue weighted by atomic mass is 10.0. The van der Waals surface area contributed by atoms with E-state index in [1.54, 1.807) is 42.5 Å². The fraction of sp³-hybridized carbons (Fsp3) is 0. The molecule has 94 valence electrons. The third-order valence-corrected chi connectivity index (χ3v) is 3.75. The summed E-state index contributed by atoms with van der Waals surface area (Å²) in [6.45, 7) is 0. The summed E-state index contributed by atoms with van der Waals surface area (Å²) in [5, 5.41) is 14.6. The van der Waals surface area contributed by atoms with E-state index in [0.717, 1.165) is 0 Å². The molecule has 0 amide bonds. The van der Waals surface area contributed by atoms with Crippen molar-refractivity contribution in [1.29, 1.82) is 0 Å². The molecule has 0 aliphatic rings. The molecule has 3 rings (SSSR count). The summed E-state index contributed by atoms with van der Waals surface area (Å²) < 4.78 is 0. The number of fused-ring (bicyclic) bond motifs is 2. The molecule has 0 fully saturated rings. The van der Waals surface area contributed by atoms with Crippen LogP contribution in [-0.4, -0.2) is 4.92 Å². The topological polar surface area (TPSA) is 43.1 Å². The van der Waals surface area contributed by atoms with Gasteiger partial charge >= 0.3 is 0 Å². The van der Waals surface area contributed by atoms with Crippen LogP contribution in [0.25, 0.3) is 21.5 Å². The highest BCUT2D eigenvalue weighted by molar-refractivity contribution is 6.39. The van der Waals surface area contributed by atoms with Crippen molar-refractivity contribution < 1.29 is 4.92 Å². The molecule has 0 unspecified atom stereocenters. The SMILES string of the molecule is O=[N+]([O-])c1c2cccc(Cl)c2cc2c(Cl)cccc12. The van der Waals surface area contributed by atoms with Gasteiger partial charge in [-0.3, -0.25) is 10.1 Å². The van der Waals surface area contributed by atoms with Crippen LogP contribution in [0, 0.1) is 10.1 Å². The Bertz CT molecular complexity index is 770. The van der Waals surface area contributed by atoms with Crippen LogP contribution in [0.5, 0.6) is 0 Å². The molecule has 0 aliphatic carbocycles. The lowest BCUT2D eigenvalue weighted by molar-refractivity contribution is -0.381. The van der Waals surface area contributed by atoms with Gasteiger partial charge in [-0.1, -0.05) is 35.3 Å². The van der Waals surface area contributed by atoms with E-state index in [9.17, 15) is 10.1 Å². The van der Waals surface area contributed by atoms with E-state index in [2.05, 4.69) is 0 Å². The van der Waals surface area contributed by atoms with Gasteiger partial charge in [0, 0.05) is 20.8 Å². The largest absolute Gasteiger partial charge is 0.285 e. The Morgan fingerprint density at radius 3 is 1.74 bits per heavy atom. The summed E-state index contributed by atoms with van der Waals surface area (Å²) in [7, 11) is 0. The number of nitro groups is 1. The normalized spacial score (nSPS) is 11.1. The maximum absolute atomic E-state index is 11.4. The van der Waals surface area contributed by atoms with Crippen LogP contribution < -0.4 is 0 Å². The number of hydrogen-bond acceptors (Lipinski definition) is 2. The molecule has 0 spiro atoms. The van der Waals surface area contributed by atoms with Crippen molar-refractivity contribution in [1.82, 2.24) is 0 Å². The third-order valence-electron chi connectivity index (χ3n) is 3.09. The molecular formula is C14H7Cl2NO2. The molecule has 0 aromatic heterocycles. The quantitative estimate of drug-likeness (QED) is 0.351. The number of halogens is 2. The van der Waals surface area contributed by atoms with Gasteiger partial charge in [-0.2, -0.15) is 0 Å². The highest BCUT2D eigenvalue weighted by Gasteiger charge is 2.19. The van der Waals surface area contributed by atoms with E-state index in [4.69, 9.17) is 23.2 Å². The van der Waals surface area contributed by atoms with E-state index >= 15 is 0 Å². The van der Waals surface area contributed by atoms with Crippen LogP contribution in [0.2, 0.25) is 10.0 Å². The first-order valence-corrected chi connectivity index (χ1v) is 6.29. The predicted molar refractivity (Wildman–Crippen MR) is 78.1 cm³/mol. The molecule has 0 aliphatic heterocycles. The van der Waals surface area contributed by atoms with Crippen LogP contribution in [0.4, 0.5) is 5.69 Å². The lowest BCUT2D eigenvalue weighted by Crippen LogP contribution is -1.92. The standard InChI is InChI=1S/C14H7Cl2NO2/c15-12-5-1-3-8-10(12)7-11-9(14(8)17(18)19)4-2-6-13(11)16/h1-7H. The maximum Gasteiger partial charge on any atom is 0.285 e. The zero-order valence-corrected chi connectivity index (χ0v) is 11.1. The van der Waals surface area contributed by atoms with Gasteiger partial charge in [0.25, 0.3) is 5.69 Å². The summed E-state index contributed by atoms with van der Waals surface area (Å²) in [5.41, 5.74) is 0.0394. The van der Waals surface area contributed by atoms with E-state index in [0.29, 0.717) is 31.6 Å². The summed E-state index contributed by atoms with van der Waals surface area (Å²) in [5.74, 6) is 0. The number of nitrogens with zero attached hydrogens (tertiary/aromatic N) is 1. The molecule has 19 heavy (non-hydrogen) atoms. The van der Waals surface area contributed by atoms with Crippen molar-refractivity contribution in [3.05, 3.63) is 62.6 Å². The number of non-ortho nitro benzene ring substituents is 1. The fourth-order valence-corrected chi connectivity index (χ4v) is 2.72. The van der Waals surface area contributed by atoms with E-state index in [1.165, 1.54) is 0 Å². The van der Waals surface area contributed by atoms with Gasteiger partial charge in [-0.25, -0.2) is 0 Å². The Hall–Kier alpha value is -1.84. The van der Waals surface area contributed by atoms with Gasteiger partial charge in [-0.05, 0) is 30.3 Å². The zero-order valence-electron chi connectivity index (χ0n) is 9.56. The van der Waals surface area contributed by atoms with Crippen molar-refractivity contribution in [2.75, 3.05) is 0 Å². The number of hydrogen-bond donors (Lipinski definition) is 0. The summed E-state index contributed by atoms with van der Waals surface area (Å²) >= 11 is 12.2. The summed E-state index contributed by atoms with van der Waals surface area (Å²) in [6, 6.07) is 12.0. The van der Waals surface area contributed by atoms with Gasteiger partial charge in [0.05, 0.1) is 15.7 Å². The Morgan fingerprint density at radius 1 is 0.842 bits per heavy atom. The van der Waals surface area contributed by atoms with Crippen molar-refractivity contribution in [3.63, 3.8) is 0 Å². The molecule has 3 aromatic rings. The van der Waals surface area contributed by atoms with Crippen molar-refractivity contribution in [2.45, 2.75) is 0 Å². The Kier molecular flexibility index (Phi) is 2.81. The van der Waals surface area contributed by atoms with E-state index in [1.807, 2.05) is 0 Å². The average Bonchev–Trinajstić information content (AvgIpc) is 2.37. The molecule has 0 atom stereocenters. The maximum atomic E-state index is 11.4. The second-order valence-corrected chi connectivity index (χ2v) is 4.97.